The Morgan fingerprint density at radius 3 is 2.75 bits per heavy atom. The van der Waals surface area contributed by atoms with Crippen LogP contribution in [0, 0.1) is 0 Å². The van der Waals surface area contributed by atoms with Gasteiger partial charge in [0.1, 0.15) is 5.84 Å². The van der Waals surface area contributed by atoms with E-state index in [1.807, 2.05) is 42.1 Å². The molecule has 3 nitrogen and oxygen atoms in total. The van der Waals surface area contributed by atoms with E-state index in [2.05, 4.69) is 17.3 Å². The minimum Gasteiger partial charge on any atom is -0.311 e. The Balaban J connectivity index is 2.25. The maximum absolute atomic E-state index is 5.59. The first-order chi connectivity index (χ1) is 7.74. The zero-order chi connectivity index (χ0) is 11.4. The molecule has 1 aromatic carbocycles. The van der Waals surface area contributed by atoms with E-state index in [4.69, 9.17) is 5.84 Å². The number of aliphatic imine (C=N–C) groups is 1. The van der Waals surface area contributed by atoms with Crippen molar-refractivity contribution in [2.45, 2.75) is 24.5 Å². The summed E-state index contributed by atoms with van der Waals surface area (Å²) in [5.41, 5.74) is 3.71. The van der Waals surface area contributed by atoms with Crippen molar-refractivity contribution in [3.05, 3.63) is 30.3 Å². The van der Waals surface area contributed by atoms with Crippen molar-refractivity contribution in [2.75, 3.05) is 5.75 Å². The van der Waals surface area contributed by atoms with E-state index in [0.29, 0.717) is 0 Å². The molecule has 86 valence electrons. The number of nitrogens with two attached hydrogens (primary N) is 1. The van der Waals surface area contributed by atoms with Gasteiger partial charge in [0, 0.05) is 0 Å². The van der Waals surface area contributed by atoms with Crippen LogP contribution in [0.2, 0.25) is 0 Å². The van der Waals surface area contributed by atoms with Crippen molar-refractivity contribution in [3.8, 4) is 0 Å². The molecule has 0 radical (unpaired) electrons. The number of thioether (sulfide) groups is 1. The maximum atomic E-state index is 5.59. The van der Waals surface area contributed by atoms with Gasteiger partial charge in [-0.25, -0.2) is 10.8 Å². The van der Waals surface area contributed by atoms with Crippen LogP contribution in [0.4, 0.5) is 5.69 Å². The molecule has 0 amide bonds. The Hall–Kier alpha value is -1.00. The minimum absolute atomic E-state index is 0.0462. The van der Waals surface area contributed by atoms with Crippen LogP contribution in [0.15, 0.2) is 35.3 Å². The molecule has 1 heterocycles. The lowest BCUT2D eigenvalue weighted by Crippen LogP contribution is -2.44. The van der Waals surface area contributed by atoms with Crippen LogP contribution in [0.1, 0.15) is 19.8 Å². The summed E-state index contributed by atoms with van der Waals surface area (Å²) in [6, 6.07) is 9.93. The summed E-state index contributed by atoms with van der Waals surface area (Å²) in [5.74, 6) is 7.65. The minimum atomic E-state index is 0.0462. The molecule has 0 aliphatic carbocycles. The predicted octanol–water partition coefficient (Wildman–Crippen LogP) is 2.47. The summed E-state index contributed by atoms with van der Waals surface area (Å²) in [6.45, 7) is 2.20. The van der Waals surface area contributed by atoms with E-state index < -0.39 is 0 Å². The highest BCUT2D eigenvalue weighted by Crippen LogP contribution is 2.38. The van der Waals surface area contributed by atoms with Crippen molar-refractivity contribution in [1.29, 1.82) is 0 Å². The summed E-state index contributed by atoms with van der Waals surface area (Å²) >= 11 is 1.92. The first kappa shape index (κ1) is 11.5. The molecule has 4 heteroatoms. The first-order valence-electron chi connectivity index (χ1n) is 5.49. The van der Waals surface area contributed by atoms with Crippen LogP contribution in [-0.2, 0) is 0 Å². The van der Waals surface area contributed by atoms with Crippen molar-refractivity contribution in [1.82, 2.24) is 5.43 Å². The van der Waals surface area contributed by atoms with Crippen LogP contribution in [0.5, 0.6) is 0 Å². The Labute approximate surface area is 100 Å². The largest absolute Gasteiger partial charge is 0.311 e. The average Bonchev–Trinajstić information content (AvgIpc) is 2.75. The number of rotatable bonds is 2. The zero-order valence-electron chi connectivity index (χ0n) is 9.44. The van der Waals surface area contributed by atoms with E-state index in [-0.39, 0.29) is 4.75 Å². The SMILES string of the molecule is CC1(C(=Nc2ccccc2)NN)CCCS1. The molecule has 1 saturated heterocycles. The molecule has 1 unspecified atom stereocenters. The van der Waals surface area contributed by atoms with Crippen LogP contribution < -0.4 is 11.3 Å². The Kier molecular flexibility index (Phi) is 3.51. The number of hydrogen-bond donors (Lipinski definition) is 2. The molecule has 2 rings (SSSR count). The summed E-state index contributed by atoms with van der Waals surface area (Å²) < 4.78 is 0.0462. The summed E-state index contributed by atoms with van der Waals surface area (Å²) in [7, 11) is 0. The number of hydrogen-bond acceptors (Lipinski definition) is 3. The summed E-state index contributed by atoms with van der Waals surface area (Å²) in [5, 5.41) is 0. The molecule has 0 bridgehead atoms. The van der Waals surface area contributed by atoms with Crippen LogP contribution >= 0.6 is 11.8 Å². The standard InChI is InChI=1S/C12H17N3S/c1-12(8-5-9-16-12)11(15-13)14-10-6-3-2-4-7-10/h2-4,6-7H,5,8-9,13H2,1H3,(H,14,15). The number of nitrogens with zero attached hydrogens (tertiary/aromatic N) is 1. The molecular weight excluding hydrogens is 218 g/mol. The topological polar surface area (TPSA) is 50.4 Å². The van der Waals surface area contributed by atoms with Crippen LogP contribution in [0.25, 0.3) is 0 Å². The van der Waals surface area contributed by atoms with Gasteiger partial charge in [-0.15, -0.1) is 11.8 Å². The molecule has 0 spiro atoms. The molecule has 0 saturated carbocycles. The smallest absolute Gasteiger partial charge is 0.132 e. The average molecular weight is 235 g/mol. The highest BCUT2D eigenvalue weighted by molar-refractivity contribution is 8.01. The molecular formula is C12H17N3S. The number of para-hydroxylation sites is 1. The second kappa shape index (κ2) is 4.89. The normalized spacial score (nSPS) is 25.8. The lowest BCUT2D eigenvalue weighted by molar-refractivity contribution is 0.727. The number of nitrogens with one attached hydrogen (secondary N) is 1. The van der Waals surface area contributed by atoms with E-state index in [1.165, 1.54) is 12.2 Å². The van der Waals surface area contributed by atoms with E-state index in [0.717, 1.165) is 17.9 Å². The number of amidine groups is 1. The van der Waals surface area contributed by atoms with Gasteiger partial charge >= 0.3 is 0 Å². The summed E-state index contributed by atoms with van der Waals surface area (Å²) in [6.07, 6.45) is 2.37. The van der Waals surface area contributed by atoms with Gasteiger partial charge in [-0.1, -0.05) is 18.2 Å². The van der Waals surface area contributed by atoms with Crippen molar-refractivity contribution in [2.24, 2.45) is 10.8 Å². The van der Waals surface area contributed by atoms with E-state index >= 15 is 0 Å². The highest BCUT2D eigenvalue weighted by Gasteiger charge is 2.34. The van der Waals surface area contributed by atoms with Gasteiger partial charge in [-0.3, -0.25) is 0 Å². The van der Waals surface area contributed by atoms with Crippen LogP contribution in [0.3, 0.4) is 0 Å². The third-order valence-corrected chi connectivity index (χ3v) is 4.38. The van der Waals surface area contributed by atoms with E-state index in [1.54, 1.807) is 0 Å². The zero-order valence-corrected chi connectivity index (χ0v) is 10.3. The fraction of sp³-hybridized carbons (Fsp3) is 0.417. The Bertz CT molecular complexity index is 369. The third-order valence-electron chi connectivity index (χ3n) is 2.85. The fourth-order valence-electron chi connectivity index (χ4n) is 1.90. The van der Waals surface area contributed by atoms with Gasteiger partial charge in [-0.05, 0) is 37.7 Å². The van der Waals surface area contributed by atoms with Crippen LogP contribution in [-0.4, -0.2) is 16.3 Å². The second-order valence-corrected chi connectivity index (χ2v) is 5.72. The molecule has 1 atom stereocenters. The van der Waals surface area contributed by atoms with Gasteiger partial charge in [0.05, 0.1) is 10.4 Å². The summed E-state index contributed by atoms with van der Waals surface area (Å²) in [4.78, 5) is 4.59. The van der Waals surface area contributed by atoms with Crippen molar-refractivity contribution >= 4 is 23.3 Å². The maximum Gasteiger partial charge on any atom is 0.132 e. The highest BCUT2D eigenvalue weighted by atomic mass is 32.2. The molecule has 1 aliphatic rings. The fourth-order valence-corrected chi connectivity index (χ4v) is 3.17. The molecule has 16 heavy (non-hydrogen) atoms. The molecule has 1 fully saturated rings. The molecule has 1 aromatic rings. The molecule has 0 aromatic heterocycles. The molecule has 3 N–H and O–H groups in total. The third kappa shape index (κ3) is 2.39. The predicted molar refractivity (Wildman–Crippen MR) is 71.0 cm³/mol. The van der Waals surface area contributed by atoms with Gasteiger partial charge in [-0.2, -0.15) is 0 Å². The van der Waals surface area contributed by atoms with Gasteiger partial charge in [0.15, 0.2) is 0 Å². The Morgan fingerprint density at radius 2 is 2.19 bits per heavy atom. The quantitative estimate of drug-likeness (QED) is 0.358. The van der Waals surface area contributed by atoms with Gasteiger partial charge in [0.25, 0.3) is 0 Å². The van der Waals surface area contributed by atoms with E-state index in [9.17, 15) is 0 Å². The van der Waals surface area contributed by atoms with Gasteiger partial charge < -0.3 is 5.43 Å². The lowest BCUT2D eigenvalue weighted by atomic mass is 10.0. The number of hydrazine groups is 1. The first-order valence-corrected chi connectivity index (χ1v) is 6.48. The Morgan fingerprint density at radius 1 is 1.44 bits per heavy atom. The number of benzene rings is 1. The van der Waals surface area contributed by atoms with Crippen molar-refractivity contribution in [3.63, 3.8) is 0 Å². The lowest BCUT2D eigenvalue weighted by Gasteiger charge is -2.24. The second-order valence-electron chi connectivity index (χ2n) is 4.12. The van der Waals surface area contributed by atoms with Crippen molar-refractivity contribution < 1.29 is 0 Å². The monoisotopic (exact) mass is 235 g/mol. The molecule has 1 aliphatic heterocycles. The van der Waals surface area contributed by atoms with Gasteiger partial charge in [0.2, 0.25) is 0 Å².